The van der Waals surface area contributed by atoms with Crippen molar-refractivity contribution in [3.05, 3.63) is 29.8 Å². The molecule has 0 unspecified atom stereocenters. The highest BCUT2D eigenvalue weighted by molar-refractivity contribution is 5.54. The number of nitrogens with one attached hydrogen (secondary N) is 1. The summed E-state index contributed by atoms with van der Waals surface area (Å²) in [5.41, 5.74) is 2.02. The van der Waals surface area contributed by atoms with Gasteiger partial charge >= 0.3 is 0 Å². The Morgan fingerprint density at radius 1 is 1.40 bits per heavy atom. The number of rotatable bonds is 2. The van der Waals surface area contributed by atoms with Gasteiger partial charge in [-0.15, -0.1) is 0 Å². The summed E-state index contributed by atoms with van der Waals surface area (Å²) in [6.45, 7) is 1.97. The Hall–Kier alpha value is -1.71. The molecule has 2 aromatic rings. The van der Waals surface area contributed by atoms with E-state index in [0.717, 1.165) is 22.9 Å². The molecule has 2 aromatic heterocycles. The van der Waals surface area contributed by atoms with Crippen molar-refractivity contribution in [3.63, 3.8) is 0 Å². The minimum atomic E-state index is 0.620. The first-order valence-electron chi connectivity index (χ1n) is 5.18. The molecule has 1 N–H and O–H groups in total. The Labute approximate surface area is 87.8 Å². The molecule has 0 saturated heterocycles. The molecule has 0 aromatic carbocycles. The van der Waals surface area contributed by atoms with Crippen LogP contribution in [0.25, 0.3) is 11.4 Å². The Kier molecular flexibility index (Phi) is 1.80. The van der Waals surface area contributed by atoms with Crippen molar-refractivity contribution in [3.8, 4) is 11.4 Å². The Balaban J connectivity index is 1.97. The number of hydrogen-bond acceptors (Lipinski definition) is 3. The molecule has 0 atom stereocenters. The molecule has 0 bridgehead atoms. The zero-order valence-electron chi connectivity index (χ0n) is 8.57. The van der Waals surface area contributed by atoms with Gasteiger partial charge in [0.15, 0.2) is 5.82 Å². The average molecular weight is 200 g/mol. The van der Waals surface area contributed by atoms with E-state index in [9.17, 15) is 0 Å². The lowest BCUT2D eigenvalue weighted by Crippen LogP contribution is -1.85. The van der Waals surface area contributed by atoms with E-state index in [0.29, 0.717) is 5.92 Å². The molecule has 4 heteroatoms. The van der Waals surface area contributed by atoms with Crippen LogP contribution in [-0.4, -0.2) is 20.2 Å². The minimum absolute atomic E-state index is 0.620. The van der Waals surface area contributed by atoms with Gasteiger partial charge in [0.1, 0.15) is 5.82 Å². The molecule has 0 radical (unpaired) electrons. The maximum atomic E-state index is 4.49. The van der Waals surface area contributed by atoms with Crippen LogP contribution < -0.4 is 0 Å². The third-order valence-corrected chi connectivity index (χ3v) is 2.62. The van der Waals surface area contributed by atoms with Gasteiger partial charge in [-0.2, -0.15) is 5.10 Å². The van der Waals surface area contributed by atoms with Gasteiger partial charge in [0.25, 0.3) is 0 Å². The van der Waals surface area contributed by atoms with Crippen LogP contribution in [0.3, 0.4) is 0 Å². The second-order valence-electron chi connectivity index (χ2n) is 4.00. The van der Waals surface area contributed by atoms with E-state index < -0.39 is 0 Å². The summed E-state index contributed by atoms with van der Waals surface area (Å²) in [7, 11) is 0. The van der Waals surface area contributed by atoms with E-state index in [1.807, 2.05) is 19.1 Å². The van der Waals surface area contributed by atoms with Crippen LogP contribution in [-0.2, 0) is 0 Å². The molecule has 1 aliphatic rings. The highest BCUT2D eigenvalue weighted by Crippen LogP contribution is 2.38. The van der Waals surface area contributed by atoms with Crippen LogP contribution in [0, 0.1) is 6.92 Å². The number of H-pyrrole nitrogens is 1. The van der Waals surface area contributed by atoms with Gasteiger partial charge in [-0.1, -0.05) is 0 Å². The lowest BCUT2D eigenvalue weighted by Gasteiger charge is -1.95. The standard InChI is InChI=1S/C11H12N4/c1-7-6-9(4-5-12-7)11-13-10(14-15-11)8-2-3-8/h4-6,8H,2-3H2,1H3,(H,13,14,15). The molecule has 15 heavy (non-hydrogen) atoms. The second kappa shape index (κ2) is 3.15. The predicted molar refractivity (Wildman–Crippen MR) is 56.3 cm³/mol. The van der Waals surface area contributed by atoms with Crippen LogP contribution in [0.4, 0.5) is 0 Å². The lowest BCUT2D eigenvalue weighted by molar-refractivity contribution is 0.935. The quantitative estimate of drug-likeness (QED) is 0.807. The Bertz CT molecular complexity index is 485. The van der Waals surface area contributed by atoms with Crippen LogP contribution >= 0.6 is 0 Å². The largest absolute Gasteiger partial charge is 0.262 e. The maximum Gasteiger partial charge on any atom is 0.181 e. The van der Waals surface area contributed by atoms with E-state index in [1.54, 1.807) is 6.20 Å². The molecular weight excluding hydrogens is 188 g/mol. The Morgan fingerprint density at radius 2 is 2.27 bits per heavy atom. The zero-order valence-corrected chi connectivity index (χ0v) is 8.57. The van der Waals surface area contributed by atoms with Crippen molar-refractivity contribution in [2.24, 2.45) is 0 Å². The number of nitrogens with zero attached hydrogens (tertiary/aromatic N) is 3. The summed E-state index contributed by atoms with van der Waals surface area (Å²) in [5.74, 6) is 2.43. The predicted octanol–water partition coefficient (Wildman–Crippen LogP) is 2.05. The molecule has 1 saturated carbocycles. The summed E-state index contributed by atoms with van der Waals surface area (Å²) >= 11 is 0. The first-order chi connectivity index (χ1) is 7.33. The molecular formula is C11H12N4. The fourth-order valence-corrected chi connectivity index (χ4v) is 1.63. The molecule has 76 valence electrons. The SMILES string of the molecule is Cc1cc(-c2n[nH]c(C3CC3)n2)ccn1. The van der Waals surface area contributed by atoms with E-state index in [4.69, 9.17) is 0 Å². The van der Waals surface area contributed by atoms with Crippen molar-refractivity contribution in [2.45, 2.75) is 25.7 Å². The molecule has 1 aliphatic carbocycles. The summed E-state index contributed by atoms with van der Waals surface area (Å²) in [5, 5.41) is 7.23. The number of hydrogen-bond donors (Lipinski definition) is 1. The normalized spacial score (nSPS) is 15.5. The topological polar surface area (TPSA) is 54.5 Å². The highest BCUT2D eigenvalue weighted by Gasteiger charge is 2.27. The molecule has 1 fully saturated rings. The summed E-state index contributed by atoms with van der Waals surface area (Å²) < 4.78 is 0. The average Bonchev–Trinajstić information content (AvgIpc) is 2.97. The second-order valence-corrected chi connectivity index (χ2v) is 4.00. The number of pyridine rings is 1. The van der Waals surface area contributed by atoms with Crippen molar-refractivity contribution in [1.82, 2.24) is 20.2 Å². The van der Waals surface area contributed by atoms with Gasteiger partial charge in [-0.3, -0.25) is 10.1 Å². The summed E-state index contributed by atoms with van der Waals surface area (Å²) in [6, 6.07) is 3.94. The summed E-state index contributed by atoms with van der Waals surface area (Å²) in [6.07, 6.45) is 4.27. The van der Waals surface area contributed by atoms with Crippen molar-refractivity contribution in [1.29, 1.82) is 0 Å². The molecule has 3 rings (SSSR count). The first-order valence-corrected chi connectivity index (χ1v) is 5.18. The zero-order chi connectivity index (χ0) is 10.3. The van der Waals surface area contributed by atoms with Crippen molar-refractivity contribution in [2.75, 3.05) is 0 Å². The third kappa shape index (κ3) is 1.63. The van der Waals surface area contributed by atoms with Crippen molar-refractivity contribution >= 4 is 0 Å². The monoisotopic (exact) mass is 200 g/mol. The Morgan fingerprint density at radius 3 is 3.00 bits per heavy atom. The minimum Gasteiger partial charge on any atom is -0.262 e. The van der Waals surface area contributed by atoms with E-state index >= 15 is 0 Å². The van der Waals surface area contributed by atoms with Crippen molar-refractivity contribution < 1.29 is 0 Å². The van der Waals surface area contributed by atoms with E-state index in [-0.39, 0.29) is 0 Å². The smallest absolute Gasteiger partial charge is 0.181 e. The van der Waals surface area contributed by atoms with Crippen LogP contribution in [0.5, 0.6) is 0 Å². The molecule has 0 spiro atoms. The number of aryl methyl sites for hydroxylation is 1. The fraction of sp³-hybridized carbons (Fsp3) is 0.364. The van der Waals surface area contributed by atoms with Gasteiger partial charge in [-0.05, 0) is 31.9 Å². The molecule has 4 nitrogen and oxygen atoms in total. The summed E-state index contributed by atoms with van der Waals surface area (Å²) in [4.78, 5) is 8.64. The number of aromatic nitrogens is 4. The molecule has 2 heterocycles. The third-order valence-electron chi connectivity index (χ3n) is 2.62. The fourth-order valence-electron chi connectivity index (χ4n) is 1.63. The van der Waals surface area contributed by atoms with Crippen LogP contribution in [0.15, 0.2) is 18.3 Å². The maximum absolute atomic E-state index is 4.49. The van der Waals surface area contributed by atoms with Crippen LogP contribution in [0.1, 0.15) is 30.3 Å². The lowest BCUT2D eigenvalue weighted by atomic mass is 10.2. The molecule has 0 amide bonds. The highest BCUT2D eigenvalue weighted by atomic mass is 15.2. The van der Waals surface area contributed by atoms with Gasteiger partial charge in [0.05, 0.1) is 0 Å². The van der Waals surface area contributed by atoms with Gasteiger partial charge in [0, 0.05) is 23.4 Å². The number of aromatic amines is 1. The van der Waals surface area contributed by atoms with E-state index in [2.05, 4.69) is 20.2 Å². The van der Waals surface area contributed by atoms with E-state index in [1.165, 1.54) is 12.8 Å². The van der Waals surface area contributed by atoms with Gasteiger partial charge < -0.3 is 0 Å². The van der Waals surface area contributed by atoms with Gasteiger partial charge in [-0.25, -0.2) is 4.98 Å². The van der Waals surface area contributed by atoms with Crippen LogP contribution in [0.2, 0.25) is 0 Å². The first kappa shape index (κ1) is 8.59. The molecule has 0 aliphatic heterocycles. The van der Waals surface area contributed by atoms with Gasteiger partial charge in [0.2, 0.25) is 0 Å².